The van der Waals surface area contributed by atoms with Gasteiger partial charge in [-0.05, 0) is 18.1 Å². The molecule has 0 aliphatic heterocycles. The summed E-state index contributed by atoms with van der Waals surface area (Å²) in [6, 6.07) is 2.82. The van der Waals surface area contributed by atoms with Crippen LogP contribution in [0.3, 0.4) is 0 Å². The highest BCUT2D eigenvalue weighted by atomic mass is 35.5. The van der Waals surface area contributed by atoms with Crippen LogP contribution >= 0.6 is 11.6 Å². The van der Waals surface area contributed by atoms with Gasteiger partial charge in [0.1, 0.15) is 11.5 Å². The first-order valence-electron chi connectivity index (χ1n) is 3.35. The van der Waals surface area contributed by atoms with E-state index in [2.05, 4.69) is 0 Å². The van der Waals surface area contributed by atoms with E-state index < -0.39 is 0 Å². The Balaban J connectivity index is 3.24. The molecule has 60 valence electrons. The van der Waals surface area contributed by atoms with Crippen LogP contribution in [0.15, 0.2) is 12.1 Å². The van der Waals surface area contributed by atoms with Crippen LogP contribution in [0.1, 0.15) is 12.5 Å². The van der Waals surface area contributed by atoms with Gasteiger partial charge in [-0.1, -0.05) is 18.5 Å². The van der Waals surface area contributed by atoms with Crippen LogP contribution in [0.5, 0.6) is 11.5 Å². The van der Waals surface area contributed by atoms with Gasteiger partial charge in [-0.3, -0.25) is 0 Å². The maximum absolute atomic E-state index is 9.28. The molecule has 0 aromatic heterocycles. The van der Waals surface area contributed by atoms with Crippen molar-refractivity contribution in [3.8, 4) is 11.5 Å². The number of aryl methyl sites for hydroxylation is 1. The Morgan fingerprint density at radius 3 is 2.55 bits per heavy atom. The van der Waals surface area contributed by atoms with E-state index in [1.807, 2.05) is 6.92 Å². The molecule has 1 rings (SSSR count). The maximum atomic E-state index is 9.28. The van der Waals surface area contributed by atoms with Gasteiger partial charge >= 0.3 is 0 Å². The van der Waals surface area contributed by atoms with Gasteiger partial charge in [0, 0.05) is 6.07 Å². The highest BCUT2D eigenvalue weighted by Crippen LogP contribution is 2.31. The maximum Gasteiger partial charge on any atom is 0.137 e. The molecule has 0 spiro atoms. The SMILES string of the molecule is CCc1cc(O)cc(Cl)c1O. The molecule has 0 saturated carbocycles. The summed E-state index contributed by atoms with van der Waals surface area (Å²) in [6.45, 7) is 1.88. The van der Waals surface area contributed by atoms with Gasteiger partial charge in [0.2, 0.25) is 0 Å². The van der Waals surface area contributed by atoms with Crippen molar-refractivity contribution in [3.63, 3.8) is 0 Å². The fourth-order valence-electron chi connectivity index (χ4n) is 0.910. The van der Waals surface area contributed by atoms with E-state index in [1.54, 1.807) is 0 Å². The molecule has 0 aliphatic carbocycles. The van der Waals surface area contributed by atoms with Crippen LogP contribution < -0.4 is 0 Å². The Kier molecular flexibility index (Phi) is 2.25. The lowest BCUT2D eigenvalue weighted by Crippen LogP contribution is -1.81. The van der Waals surface area contributed by atoms with Gasteiger partial charge in [0.25, 0.3) is 0 Å². The first kappa shape index (κ1) is 8.21. The number of halogens is 1. The molecule has 0 aliphatic rings. The normalized spacial score (nSPS) is 10.0. The largest absolute Gasteiger partial charge is 0.508 e. The van der Waals surface area contributed by atoms with E-state index in [4.69, 9.17) is 16.7 Å². The van der Waals surface area contributed by atoms with Crippen molar-refractivity contribution in [2.45, 2.75) is 13.3 Å². The monoisotopic (exact) mass is 172 g/mol. The number of benzene rings is 1. The molecule has 1 aromatic rings. The zero-order valence-corrected chi connectivity index (χ0v) is 6.89. The predicted octanol–water partition coefficient (Wildman–Crippen LogP) is 2.31. The molecule has 2 N–H and O–H groups in total. The Morgan fingerprint density at radius 1 is 1.36 bits per heavy atom. The smallest absolute Gasteiger partial charge is 0.137 e. The molecule has 0 saturated heterocycles. The number of hydrogen-bond acceptors (Lipinski definition) is 2. The van der Waals surface area contributed by atoms with Crippen molar-refractivity contribution in [3.05, 3.63) is 22.7 Å². The average molecular weight is 173 g/mol. The minimum atomic E-state index is 0.0620. The lowest BCUT2D eigenvalue weighted by molar-refractivity contribution is 0.455. The second kappa shape index (κ2) is 3.01. The second-order valence-electron chi connectivity index (χ2n) is 2.29. The van der Waals surface area contributed by atoms with Crippen molar-refractivity contribution in [2.75, 3.05) is 0 Å². The van der Waals surface area contributed by atoms with Crippen LogP contribution in [-0.4, -0.2) is 10.2 Å². The Bertz CT molecular complexity index is 271. The van der Waals surface area contributed by atoms with Crippen LogP contribution in [0.25, 0.3) is 0 Å². The van der Waals surface area contributed by atoms with Crippen molar-refractivity contribution >= 4 is 11.6 Å². The second-order valence-corrected chi connectivity index (χ2v) is 2.70. The average Bonchev–Trinajstić information content (AvgIpc) is 1.96. The van der Waals surface area contributed by atoms with Crippen molar-refractivity contribution < 1.29 is 10.2 Å². The molecule has 0 radical (unpaired) electrons. The standard InChI is InChI=1S/C8H9ClO2/c1-2-5-3-6(10)4-7(9)8(5)11/h3-4,10-11H,2H2,1H3. The third-order valence-corrected chi connectivity index (χ3v) is 1.80. The summed E-state index contributed by atoms with van der Waals surface area (Å²) >= 11 is 5.59. The molecular weight excluding hydrogens is 164 g/mol. The highest BCUT2D eigenvalue weighted by Gasteiger charge is 2.05. The molecule has 0 bridgehead atoms. The zero-order chi connectivity index (χ0) is 8.43. The van der Waals surface area contributed by atoms with Gasteiger partial charge in [-0.25, -0.2) is 0 Å². The number of phenolic OH excluding ortho intramolecular Hbond substituents is 2. The summed E-state index contributed by atoms with van der Waals surface area (Å²) in [7, 11) is 0. The topological polar surface area (TPSA) is 40.5 Å². The van der Waals surface area contributed by atoms with Crippen molar-refractivity contribution in [2.24, 2.45) is 0 Å². The van der Waals surface area contributed by atoms with E-state index in [1.165, 1.54) is 12.1 Å². The van der Waals surface area contributed by atoms with Crippen LogP contribution in [0, 0.1) is 0 Å². The lowest BCUT2D eigenvalue weighted by Gasteiger charge is -2.03. The molecule has 2 nitrogen and oxygen atoms in total. The first-order chi connectivity index (χ1) is 5.15. The summed E-state index contributed by atoms with van der Waals surface area (Å²) in [5, 5.41) is 18.5. The summed E-state index contributed by atoms with van der Waals surface area (Å²) in [4.78, 5) is 0. The van der Waals surface area contributed by atoms with Crippen molar-refractivity contribution in [1.29, 1.82) is 0 Å². The molecule has 0 amide bonds. The van der Waals surface area contributed by atoms with Gasteiger partial charge in [0.05, 0.1) is 5.02 Å². The van der Waals surface area contributed by atoms with E-state index >= 15 is 0 Å². The van der Waals surface area contributed by atoms with Crippen molar-refractivity contribution in [1.82, 2.24) is 0 Å². The van der Waals surface area contributed by atoms with E-state index in [0.29, 0.717) is 12.0 Å². The molecular formula is C8H9ClO2. The first-order valence-corrected chi connectivity index (χ1v) is 3.73. The van der Waals surface area contributed by atoms with Crippen LogP contribution in [-0.2, 0) is 6.42 Å². The zero-order valence-electron chi connectivity index (χ0n) is 6.13. The lowest BCUT2D eigenvalue weighted by atomic mass is 10.1. The summed E-state index contributed by atoms with van der Waals surface area (Å²) in [5.41, 5.74) is 0.662. The van der Waals surface area contributed by atoms with E-state index in [9.17, 15) is 5.11 Å². The van der Waals surface area contributed by atoms with E-state index in [-0.39, 0.29) is 16.5 Å². The Morgan fingerprint density at radius 2 is 2.00 bits per heavy atom. The molecule has 0 heterocycles. The minimum absolute atomic E-state index is 0.0620. The fraction of sp³-hybridized carbons (Fsp3) is 0.250. The summed E-state index contributed by atoms with van der Waals surface area (Å²) in [6.07, 6.45) is 0.653. The third-order valence-electron chi connectivity index (χ3n) is 1.51. The molecule has 0 atom stereocenters. The number of phenols is 2. The predicted molar refractivity (Wildman–Crippen MR) is 44.2 cm³/mol. The van der Waals surface area contributed by atoms with Gasteiger partial charge in [-0.2, -0.15) is 0 Å². The highest BCUT2D eigenvalue weighted by molar-refractivity contribution is 6.32. The molecule has 0 fully saturated rings. The minimum Gasteiger partial charge on any atom is -0.508 e. The fourth-order valence-corrected chi connectivity index (χ4v) is 1.14. The molecule has 1 aromatic carbocycles. The van der Waals surface area contributed by atoms with E-state index in [0.717, 1.165) is 0 Å². The number of rotatable bonds is 1. The number of aromatic hydroxyl groups is 2. The van der Waals surface area contributed by atoms with Crippen LogP contribution in [0.2, 0.25) is 5.02 Å². The van der Waals surface area contributed by atoms with Gasteiger partial charge in [-0.15, -0.1) is 0 Å². The Hall–Kier alpha value is -0.890. The quantitative estimate of drug-likeness (QED) is 0.639. The summed E-state index contributed by atoms with van der Waals surface area (Å²) in [5.74, 6) is 0.150. The van der Waals surface area contributed by atoms with Gasteiger partial charge in [0.15, 0.2) is 0 Å². The number of hydrogen-bond donors (Lipinski definition) is 2. The molecule has 11 heavy (non-hydrogen) atoms. The molecule has 0 unspecified atom stereocenters. The Labute approximate surface area is 70.1 Å². The molecule has 3 heteroatoms. The van der Waals surface area contributed by atoms with Crippen LogP contribution in [0.4, 0.5) is 0 Å². The van der Waals surface area contributed by atoms with Gasteiger partial charge < -0.3 is 10.2 Å². The third kappa shape index (κ3) is 1.57. The summed E-state index contributed by atoms with van der Waals surface area (Å²) < 4.78 is 0.